The van der Waals surface area contributed by atoms with E-state index in [9.17, 15) is 14.4 Å². The monoisotopic (exact) mass is 289 g/mol. The Morgan fingerprint density at radius 2 is 1.45 bits per heavy atom. The van der Waals surface area contributed by atoms with Gasteiger partial charge in [-0.3, -0.25) is 14.4 Å². The number of nitrogens with one attached hydrogen (secondary N) is 1. The average molecular weight is 289 g/mol. The lowest BCUT2D eigenvalue weighted by atomic mass is 9.91. The van der Waals surface area contributed by atoms with Crippen molar-refractivity contribution in [3.05, 3.63) is 0 Å². The van der Waals surface area contributed by atoms with Gasteiger partial charge in [0.25, 0.3) is 0 Å². The van der Waals surface area contributed by atoms with Crippen molar-refractivity contribution in [2.75, 3.05) is 27.8 Å². The molecule has 0 rings (SSSR count). The number of esters is 3. The Balaban J connectivity index is 5.31. The Morgan fingerprint density at radius 3 is 1.75 bits per heavy atom. The zero-order valence-corrected chi connectivity index (χ0v) is 12.8. The molecule has 0 saturated heterocycles. The van der Waals surface area contributed by atoms with E-state index in [0.29, 0.717) is 0 Å². The van der Waals surface area contributed by atoms with Crippen molar-refractivity contribution in [3.63, 3.8) is 0 Å². The van der Waals surface area contributed by atoms with Gasteiger partial charge in [-0.15, -0.1) is 0 Å². The van der Waals surface area contributed by atoms with Crippen LogP contribution in [0, 0.1) is 11.8 Å². The highest BCUT2D eigenvalue weighted by Gasteiger charge is 2.42. The molecule has 0 aromatic rings. The topological polar surface area (TPSA) is 90.9 Å². The van der Waals surface area contributed by atoms with Crippen molar-refractivity contribution in [1.29, 1.82) is 0 Å². The Kier molecular flexibility index (Phi) is 7.20. The molecule has 0 unspecified atom stereocenters. The molecule has 0 radical (unpaired) electrons. The zero-order chi connectivity index (χ0) is 15.9. The van der Waals surface area contributed by atoms with Gasteiger partial charge in [0, 0.05) is 6.54 Å². The van der Waals surface area contributed by atoms with Crippen molar-refractivity contribution in [2.24, 2.45) is 11.8 Å². The second-order valence-electron chi connectivity index (χ2n) is 5.22. The summed E-state index contributed by atoms with van der Waals surface area (Å²) in [5.41, 5.74) is -0.722. The van der Waals surface area contributed by atoms with Crippen LogP contribution in [0.4, 0.5) is 0 Å². The van der Waals surface area contributed by atoms with Gasteiger partial charge in [-0.1, -0.05) is 0 Å². The molecule has 0 bridgehead atoms. The van der Waals surface area contributed by atoms with Gasteiger partial charge in [0.05, 0.1) is 20.1 Å². The van der Waals surface area contributed by atoms with Crippen molar-refractivity contribution in [2.45, 2.75) is 26.4 Å². The standard InChI is InChI=1S/C13H23NO6/c1-13(2,3)20-10(15)8(7-14-4)9(11(16)18-5)12(17)19-6/h8-9,14H,7H2,1-6H3/t8-/m0/s1. The fourth-order valence-corrected chi connectivity index (χ4v) is 1.61. The molecule has 1 atom stereocenters. The molecule has 1 N–H and O–H groups in total. The third kappa shape index (κ3) is 5.56. The van der Waals surface area contributed by atoms with Crippen molar-refractivity contribution in [3.8, 4) is 0 Å². The fourth-order valence-electron chi connectivity index (χ4n) is 1.61. The van der Waals surface area contributed by atoms with Crippen molar-refractivity contribution in [1.82, 2.24) is 5.32 Å². The van der Waals surface area contributed by atoms with Crippen LogP contribution in [-0.4, -0.2) is 51.3 Å². The summed E-state index contributed by atoms with van der Waals surface area (Å²) in [5.74, 6) is -4.69. The van der Waals surface area contributed by atoms with Gasteiger partial charge in [-0.25, -0.2) is 0 Å². The Bertz CT molecular complexity index is 344. The smallest absolute Gasteiger partial charge is 0.321 e. The van der Waals surface area contributed by atoms with E-state index in [0.717, 1.165) is 14.2 Å². The summed E-state index contributed by atoms with van der Waals surface area (Å²) in [5, 5.41) is 2.76. The minimum Gasteiger partial charge on any atom is -0.468 e. The van der Waals surface area contributed by atoms with E-state index in [2.05, 4.69) is 14.8 Å². The maximum absolute atomic E-state index is 12.2. The molecule has 116 valence electrons. The lowest BCUT2D eigenvalue weighted by Gasteiger charge is -2.26. The van der Waals surface area contributed by atoms with E-state index < -0.39 is 35.3 Å². The van der Waals surface area contributed by atoms with Gasteiger partial charge < -0.3 is 19.5 Å². The minimum atomic E-state index is -1.35. The molecule has 0 amide bonds. The van der Waals surface area contributed by atoms with Gasteiger partial charge >= 0.3 is 17.9 Å². The van der Waals surface area contributed by atoms with Crippen LogP contribution >= 0.6 is 0 Å². The molecule has 7 heteroatoms. The second kappa shape index (κ2) is 7.84. The molecule has 7 nitrogen and oxygen atoms in total. The molecule has 0 saturated carbocycles. The summed E-state index contributed by atoms with van der Waals surface area (Å²) < 4.78 is 14.4. The highest BCUT2D eigenvalue weighted by atomic mass is 16.6. The molecule has 0 aliphatic heterocycles. The molecule has 0 aliphatic rings. The number of rotatable bonds is 6. The first-order valence-corrected chi connectivity index (χ1v) is 6.21. The maximum Gasteiger partial charge on any atom is 0.321 e. The van der Waals surface area contributed by atoms with Gasteiger partial charge in [-0.2, -0.15) is 0 Å². The second-order valence-corrected chi connectivity index (χ2v) is 5.22. The van der Waals surface area contributed by atoms with Crippen molar-refractivity contribution < 1.29 is 28.6 Å². The first kappa shape index (κ1) is 18.4. The van der Waals surface area contributed by atoms with Crippen LogP contribution in [0.15, 0.2) is 0 Å². The highest BCUT2D eigenvalue weighted by Crippen LogP contribution is 2.20. The van der Waals surface area contributed by atoms with Gasteiger partial charge in [0.1, 0.15) is 5.60 Å². The number of ether oxygens (including phenoxy) is 3. The summed E-state index contributed by atoms with van der Waals surface area (Å²) in [6.45, 7) is 5.19. The quantitative estimate of drug-likeness (QED) is 0.422. The van der Waals surface area contributed by atoms with E-state index >= 15 is 0 Å². The summed E-state index contributed by atoms with van der Waals surface area (Å²) in [4.78, 5) is 35.6. The zero-order valence-electron chi connectivity index (χ0n) is 12.8. The van der Waals surface area contributed by atoms with Crippen LogP contribution in [0.25, 0.3) is 0 Å². The van der Waals surface area contributed by atoms with Crippen LogP contribution in [0.2, 0.25) is 0 Å². The molecule has 20 heavy (non-hydrogen) atoms. The number of carbonyl (C=O) groups excluding carboxylic acids is 3. The Hall–Kier alpha value is -1.63. The number of methoxy groups -OCH3 is 2. The molecule has 0 heterocycles. The lowest BCUT2D eigenvalue weighted by molar-refractivity contribution is -0.174. The minimum absolute atomic E-state index is 0.0871. The van der Waals surface area contributed by atoms with Gasteiger partial charge in [-0.05, 0) is 27.8 Å². The molecule has 0 spiro atoms. The molecule has 0 aromatic heterocycles. The Labute approximate surface area is 118 Å². The largest absolute Gasteiger partial charge is 0.468 e. The molecule has 0 aromatic carbocycles. The molecule has 0 aliphatic carbocycles. The van der Waals surface area contributed by atoms with E-state index in [-0.39, 0.29) is 6.54 Å². The van der Waals surface area contributed by atoms with Gasteiger partial charge in [0.15, 0.2) is 5.92 Å². The SMILES string of the molecule is CNC[C@H](C(=O)OC(C)(C)C)C(C(=O)OC)C(=O)OC. The van der Waals surface area contributed by atoms with Crippen LogP contribution in [0.5, 0.6) is 0 Å². The van der Waals surface area contributed by atoms with Crippen LogP contribution in [0.3, 0.4) is 0 Å². The predicted molar refractivity (Wildman–Crippen MR) is 70.8 cm³/mol. The summed E-state index contributed by atoms with van der Waals surface area (Å²) in [6, 6.07) is 0. The normalized spacial score (nSPS) is 12.8. The summed E-state index contributed by atoms with van der Waals surface area (Å²) in [6.07, 6.45) is 0. The highest BCUT2D eigenvalue weighted by molar-refractivity contribution is 5.99. The first-order valence-electron chi connectivity index (χ1n) is 6.21. The fraction of sp³-hybridized carbons (Fsp3) is 0.769. The third-order valence-corrected chi connectivity index (χ3v) is 2.45. The third-order valence-electron chi connectivity index (χ3n) is 2.45. The number of hydrogen-bond donors (Lipinski definition) is 1. The number of hydrogen-bond acceptors (Lipinski definition) is 7. The lowest BCUT2D eigenvalue weighted by Crippen LogP contribution is -2.44. The maximum atomic E-state index is 12.2. The van der Waals surface area contributed by atoms with E-state index in [1.54, 1.807) is 27.8 Å². The average Bonchev–Trinajstić information content (AvgIpc) is 2.35. The van der Waals surface area contributed by atoms with E-state index in [1.165, 1.54) is 0 Å². The van der Waals surface area contributed by atoms with Crippen LogP contribution < -0.4 is 5.32 Å². The first-order chi connectivity index (χ1) is 9.17. The number of carbonyl (C=O) groups is 3. The predicted octanol–water partition coefficient (Wildman–Crippen LogP) is 0.126. The molecular formula is C13H23NO6. The van der Waals surface area contributed by atoms with E-state index in [1.807, 2.05) is 0 Å². The molecular weight excluding hydrogens is 266 g/mol. The van der Waals surface area contributed by atoms with Gasteiger partial charge in [0.2, 0.25) is 0 Å². The summed E-state index contributed by atoms with van der Waals surface area (Å²) in [7, 11) is 3.89. The van der Waals surface area contributed by atoms with Crippen LogP contribution in [-0.2, 0) is 28.6 Å². The molecule has 0 fully saturated rings. The summed E-state index contributed by atoms with van der Waals surface area (Å²) >= 11 is 0. The Morgan fingerprint density at radius 1 is 1.00 bits per heavy atom. The van der Waals surface area contributed by atoms with Crippen molar-refractivity contribution >= 4 is 17.9 Å². The van der Waals surface area contributed by atoms with E-state index in [4.69, 9.17) is 4.74 Å². The van der Waals surface area contributed by atoms with Crippen LogP contribution in [0.1, 0.15) is 20.8 Å².